The first-order chi connectivity index (χ1) is 8.88. The summed E-state index contributed by atoms with van der Waals surface area (Å²) in [5.41, 5.74) is 2.29. The van der Waals surface area contributed by atoms with Gasteiger partial charge in [-0.05, 0) is 12.1 Å². The van der Waals surface area contributed by atoms with E-state index in [9.17, 15) is 0 Å². The molecule has 1 aliphatic rings. The number of fused-ring (bicyclic) bond motifs is 1. The van der Waals surface area contributed by atoms with Crippen molar-refractivity contribution < 1.29 is 5.11 Å². The van der Waals surface area contributed by atoms with Gasteiger partial charge in [-0.3, -0.25) is 9.88 Å². The molecule has 0 unspecified atom stereocenters. The molecule has 1 saturated heterocycles. The molecule has 0 atom stereocenters. The second-order valence-corrected chi connectivity index (χ2v) is 4.59. The summed E-state index contributed by atoms with van der Waals surface area (Å²) in [7, 11) is 0. The van der Waals surface area contributed by atoms with Crippen LogP contribution in [0.1, 0.15) is 0 Å². The molecule has 2 aromatic rings. The summed E-state index contributed by atoms with van der Waals surface area (Å²) in [6, 6.07) is 10.3. The number of aliphatic hydroxyl groups excluding tert-OH is 1. The zero-order chi connectivity index (χ0) is 12.4. The van der Waals surface area contributed by atoms with Crippen molar-refractivity contribution in [3.63, 3.8) is 0 Å². The van der Waals surface area contributed by atoms with Gasteiger partial charge >= 0.3 is 0 Å². The van der Waals surface area contributed by atoms with Gasteiger partial charge in [-0.1, -0.05) is 18.2 Å². The maximum atomic E-state index is 9.12. The zero-order valence-electron chi connectivity index (χ0n) is 10.3. The van der Waals surface area contributed by atoms with Crippen LogP contribution >= 0.6 is 0 Å². The summed E-state index contributed by atoms with van der Waals surface area (Å²) < 4.78 is 0. The van der Waals surface area contributed by atoms with E-state index < -0.39 is 0 Å². The molecule has 3 rings (SSSR count). The lowest BCUT2D eigenvalue weighted by atomic mass is 10.1. The van der Waals surface area contributed by atoms with Crippen molar-refractivity contribution in [2.24, 2.45) is 0 Å². The number of para-hydroxylation sites is 1. The SMILES string of the molecule is OCN1CCN(c2ccnc3ccccc23)CC1. The Labute approximate surface area is 106 Å². The molecule has 0 amide bonds. The number of rotatable bonds is 2. The summed E-state index contributed by atoms with van der Waals surface area (Å²) >= 11 is 0. The number of pyridine rings is 1. The van der Waals surface area contributed by atoms with Gasteiger partial charge in [0.1, 0.15) is 0 Å². The molecular formula is C14H17N3O. The molecule has 0 bridgehead atoms. The molecule has 18 heavy (non-hydrogen) atoms. The summed E-state index contributed by atoms with van der Waals surface area (Å²) in [6.07, 6.45) is 1.87. The number of piperazine rings is 1. The van der Waals surface area contributed by atoms with Crippen LogP contribution in [0, 0.1) is 0 Å². The van der Waals surface area contributed by atoms with Crippen LogP contribution in [0.25, 0.3) is 10.9 Å². The molecule has 1 fully saturated rings. The Bertz CT molecular complexity index is 530. The van der Waals surface area contributed by atoms with Crippen LogP contribution in [0.2, 0.25) is 0 Å². The fraction of sp³-hybridized carbons (Fsp3) is 0.357. The standard InChI is InChI=1S/C14H17N3O/c18-11-16-7-9-17(10-8-16)14-5-6-15-13-4-2-1-3-12(13)14/h1-6,18H,7-11H2. The first-order valence-corrected chi connectivity index (χ1v) is 6.30. The first-order valence-electron chi connectivity index (χ1n) is 6.30. The Morgan fingerprint density at radius 2 is 1.83 bits per heavy atom. The molecule has 0 radical (unpaired) electrons. The fourth-order valence-corrected chi connectivity index (χ4v) is 2.49. The molecule has 0 spiro atoms. The third-order valence-corrected chi connectivity index (χ3v) is 3.54. The second-order valence-electron chi connectivity index (χ2n) is 4.59. The van der Waals surface area contributed by atoms with Crippen LogP contribution in [-0.2, 0) is 0 Å². The summed E-state index contributed by atoms with van der Waals surface area (Å²) in [6.45, 7) is 3.88. The molecule has 0 aliphatic carbocycles. The highest BCUT2D eigenvalue weighted by atomic mass is 16.3. The Hall–Kier alpha value is -1.65. The quantitative estimate of drug-likeness (QED) is 0.863. The summed E-state index contributed by atoms with van der Waals surface area (Å²) in [4.78, 5) is 8.82. The van der Waals surface area contributed by atoms with E-state index in [1.165, 1.54) is 11.1 Å². The van der Waals surface area contributed by atoms with Crippen molar-refractivity contribution in [2.75, 3.05) is 37.8 Å². The molecule has 94 valence electrons. The lowest BCUT2D eigenvalue weighted by Gasteiger charge is -2.35. The van der Waals surface area contributed by atoms with Gasteiger partial charge in [0, 0.05) is 43.4 Å². The van der Waals surface area contributed by atoms with E-state index in [1.807, 2.05) is 18.3 Å². The lowest BCUT2D eigenvalue weighted by Crippen LogP contribution is -2.46. The molecule has 1 aromatic carbocycles. The largest absolute Gasteiger partial charge is 0.381 e. The Kier molecular flexibility index (Phi) is 3.13. The van der Waals surface area contributed by atoms with Gasteiger partial charge in [-0.15, -0.1) is 0 Å². The van der Waals surface area contributed by atoms with Crippen molar-refractivity contribution in [3.8, 4) is 0 Å². The van der Waals surface area contributed by atoms with Crippen LogP contribution in [0.3, 0.4) is 0 Å². The third-order valence-electron chi connectivity index (χ3n) is 3.54. The number of hydrogen-bond acceptors (Lipinski definition) is 4. The Balaban J connectivity index is 1.91. The van der Waals surface area contributed by atoms with Gasteiger partial charge < -0.3 is 10.0 Å². The number of aromatic nitrogens is 1. The molecule has 1 N–H and O–H groups in total. The summed E-state index contributed by atoms with van der Waals surface area (Å²) in [5, 5.41) is 10.3. The second kappa shape index (κ2) is 4.92. The van der Waals surface area contributed by atoms with E-state index in [4.69, 9.17) is 5.11 Å². The van der Waals surface area contributed by atoms with E-state index in [0.29, 0.717) is 0 Å². The third kappa shape index (κ3) is 2.05. The van der Waals surface area contributed by atoms with Crippen molar-refractivity contribution in [2.45, 2.75) is 0 Å². The number of hydrogen-bond donors (Lipinski definition) is 1. The predicted molar refractivity (Wildman–Crippen MR) is 72.6 cm³/mol. The van der Waals surface area contributed by atoms with E-state index >= 15 is 0 Å². The molecular weight excluding hydrogens is 226 g/mol. The molecule has 4 heteroatoms. The molecule has 2 heterocycles. The van der Waals surface area contributed by atoms with Gasteiger partial charge in [-0.25, -0.2) is 0 Å². The molecule has 0 saturated carbocycles. The number of aliphatic hydroxyl groups is 1. The van der Waals surface area contributed by atoms with Crippen molar-refractivity contribution in [1.82, 2.24) is 9.88 Å². The first kappa shape index (κ1) is 11.4. The minimum atomic E-state index is 0.158. The van der Waals surface area contributed by atoms with Crippen LogP contribution < -0.4 is 4.90 Å². The van der Waals surface area contributed by atoms with Crippen LogP contribution in [-0.4, -0.2) is 47.9 Å². The van der Waals surface area contributed by atoms with Crippen LogP contribution in [0.4, 0.5) is 5.69 Å². The lowest BCUT2D eigenvalue weighted by molar-refractivity contribution is 0.102. The number of benzene rings is 1. The highest BCUT2D eigenvalue weighted by molar-refractivity contribution is 5.91. The topological polar surface area (TPSA) is 39.6 Å². The van der Waals surface area contributed by atoms with E-state index in [2.05, 4.69) is 33.0 Å². The maximum Gasteiger partial charge on any atom is 0.0957 e. The number of nitrogens with zero attached hydrogens (tertiary/aromatic N) is 3. The smallest absolute Gasteiger partial charge is 0.0957 e. The monoisotopic (exact) mass is 243 g/mol. The average Bonchev–Trinajstić information content (AvgIpc) is 2.47. The van der Waals surface area contributed by atoms with Crippen molar-refractivity contribution >= 4 is 16.6 Å². The van der Waals surface area contributed by atoms with Gasteiger partial charge in [0.25, 0.3) is 0 Å². The molecule has 4 nitrogen and oxygen atoms in total. The molecule has 1 aliphatic heterocycles. The van der Waals surface area contributed by atoms with E-state index in [0.717, 1.165) is 31.7 Å². The zero-order valence-corrected chi connectivity index (χ0v) is 10.3. The average molecular weight is 243 g/mol. The van der Waals surface area contributed by atoms with Crippen LogP contribution in [0.5, 0.6) is 0 Å². The normalized spacial score (nSPS) is 17.3. The van der Waals surface area contributed by atoms with Gasteiger partial charge in [-0.2, -0.15) is 0 Å². The van der Waals surface area contributed by atoms with Gasteiger partial charge in [0.2, 0.25) is 0 Å². The van der Waals surface area contributed by atoms with E-state index in [-0.39, 0.29) is 6.73 Å². The minimum absolute atomic E-state index is 0.158. The fourth-order valence-electron chi connectivity index (χ4n) is 2.49. The Morgan fingerprint density at radius 1 is 1.06 bits per heavy atom. The number of anilines is 1. The highest BCUT2D eigenvalue weighted by Gasteiger charge is 2.17. The van der Waals surface area contributed by atoms with Crippen molar-refractivity contribution in [1.29, 1.82) is 0 Å². The van der Waals surface area contributed by atoms with Gasteiger partial charge in [0.05, 0.1) is 12.2 Å². The summed E-state index contributed by atoms with van der Waals surface area (Å²) in [5.74, 6) is 0. The van der Waals surface area contributed by atoms with Crippen molar-refractivity contribution in [3.05, 3.63) is 36.5 Å². The predicted octanol–water partition coefficient (Wildman–Crippen LogP) is 1.31. The Morgan fingerprint density at radius 3 is 2.61 bits per heavy atom. The van der Waals surface area contributed by atoms with Crippen LogP contribution in [0.15, 0.2) is 36.5 Å². The molecule has 1 aromatic heterocycles. The minimum Gasteiger partial charge on any atom is -0.381 e. The maximum absolute atomic E-state index is 9.12. The van der Waals surface area contributed by atoms with E-state index in [1.54, 1.807) is 0 Å². The highest BCUT2D eigenvalue weighted by Crippen LogP contribution is 2.25. The van der Waals surface area contributed by atoms with Gasteiger partial charge in [0.15, 0.2) is 0 Å².